The van der Waals surface area contributed by atoms with Crippen molar-refractivity contribution >= 4 is 11.6 Å². The summed E-state index contributed by atoms with van der Waals surface area (Å²) in [5.41, 5.74) is 1.08. The van der Waals surface area contributed by atoms with Gasteiger partial charge in [0.2, 0.25) is 0 Å². The zero-order valence-electron chi connectivity index (χ0n) is 12.7. The van der Waals surface area contributed by atoms with Gasteiger partial charge in [-0.2, -0.15) is 5.10 Å². The average Bonchev–Trinajstić information content (AvgIpc) is 3.00. The Labute approximate surface area is 126 Å². The van der Waals surface area contributed by atoms with E-state index in [1.165, 1.54) is 0 Å². The first-order valence-electron chi connectivity index (χ1n) is 7.77. The second-order valence-electron chi connectivity index (χ2n) is 5.60. The molecule has 1 N–H and O–H groups in total. The van der Waals surface area contributed by atoms with Crippen molar-refractivity contribution in [2.75, 3.05) is 6.54 Å². The van der Waals surface area contributed by atoms with Crippen molar-refractivity contribution in [1.82, 2.24) is 15.1 Å². The number of hydrogen-bond acceptors (Lipinski definition) is 3. The van der Waals surface area contributed by atoms with Crippen LogP contribution in [0.1, 0.15) is 58.2 Å². The molecule has 4 nitrogen and oxygen atoms in total. The molecule has 20 heavy (non-hydrogen) atoms. The predicted octanol–water partition coefficient (Wildman–Crippen LogP) is 3.55. The smallest absolute Gasteiger partial charge is 0.0835 e. The lowest BCUT2D eigenvalue weighted by Crippen LogP contribution is -2.34. The van der Waals surface area contributed by atoms with E-state index in [1.54, 1.807) is 6.20 Å². The molecular formula is C15H26ClN3O. The van der Waals surface area contributed by atoms with Gasteiger partial charge >= 0.3 is 0 Å². The van der Waals surface area contributed by atoms with Crippen LogP contribution in [-0.4, -0.2) is 28.5 Å². The van der Waals surface area contributed by atoms with E-state index >= 15 is 0 Å². The van der Waals surface area contributed by atoms with E-state index in [4.69, 9.17) is 16.3 Å². The lowest BCUT2D eigenvalue weighted by Gasteiger charge is -2.26. The highest BCUT2D eigenvalue weighted by atomic mass is 35.5. The largest absolute Gasteiger partial charge is 0.373 e. The number of hydrogen-bond donors (Lipinski definition) is 1. The maximum absolute atomic E-state index is 6.39. The van der Waals surface area contributed by atoms with Crippen molar-refractivity contribution < 1.29 is 4.74 Å². The van der Waals surface area contributed by atoms with E-state index in [0.29, 0.717) is 6.10 Å². The van der Waals surface area contributed by atoms with E-state index in [2.05, 4.69) is 31.2 Å². The van der Waals surface area contributed by atoms with E-state index in [9.17, 15) is 0 Å². The van der Waals surface area contributed by atoms with Gasteiger partial charge in [0.15, 0.2) is 0 Å². The second kappa shape index (κ2) is 7.43. The zero-order valence-corrected chi connectivity index (χ0v) is 13.5. The quantitative estimate of drug-likeness (QED) is 0.837. The number of aryl methyl sites for hydroxylation is 1. The second-order valence-corrected chi connectivity index (χ2v) is 6.00. The fraction of sp³-hybridized carbons (Fsp3) is 0.800. The van der Waals surface area contributed by atoms with Crippen molar-refractivity contribution in [2.24, 2.45) is 0 Å². The standard InChI is InChI=1S/C15H26ClN3O/c1-4-8-17-14(13-7-6-11(3)20-13)15-12(16)10-18-19(15)9-5-2/h10-11,13-14,17H,4-9H2,1-3H3. The molecule has 114 valence electrons. The summed E-state index contributed by atoms with van der Waals surface area (Å²) in [5.74, 6) is 0. The molecule has 0 aromatic carbocycles. The Morgan fingerprint density at radius 2 is 2.25 bits per heavy atom. The average molecular weight is 300 g/mol. The third kappa shape index (κ3) is 3.54. The molecule has 1 aromatic rings. The van der Waals surface area contributed by atoms with Gasteiger partial charge in [0, 0.05) is 6.54 Å². The highest BCUT2D eigenvalue weighted by Crippen LogP contribution is 2.33. The van der Waals surface area contributed by atoms with Crippen LogP contribution < -0.4 is 5.32 Å². The minimum atomic E-state index is 0.140. The van der Waals surface area contributed by atoms with Crippen molar-refractivity contribution in [3.05, 3.63) is 16.9 Å². The number of aromatic nitrogens is 2. The van der Waals surface area contributed by atoms with Crippen molar-refractivity contribution in [3.8, 4) is 0 Å². The normalized spacial score (nSPS) is 24.2. The van der Waals surface area contributed by atoms with Gasteiger partial charge in [-0.15, -0.1) is 0 Å². The number of ether oxygens (including phenoxy) is 1. The van der Waals surface area contributed by atoms with Crippen molar-refractivity contribution in [1.29, 1.82) is 0 Å². The van der Waals surface area contributed by atoms with Gasteiger partial charge in [-0.1, -0.05) is 25.4 Å². The van der Waals surface area contributed by atoms with Crippen LogP contribution in [0.25, 0.3) is 0 Å². The molecule has 1 fully saturated rings. The lowest BCUT2D eigenvalue weighted by atomic mass is 10.0. The van der Waals surface area contributed by atoms with Crippen molar-refractivity contribution in [2.45, 2.75) is 71.2 Å². The molecule has 0 saturated carbocycles. The zero-order chi connectivity index (χ0) is 14.5. The molecule has 1 aliphatic heterocycles. The molecule has 2 rings (SSSR count). The van der Waals surface area contributed by atoms with Crippen LogP contribution in [-0.2, 0) is 11.3 Å². The highest BCUT2D eigenvalue weighted by molar-refractivity contribution is 6.31. The molecule has 1 aromatic heterocycles. The van der Waals surface area contributed by atoms with Gasteiger partial charge in [0.25, 0.3) is 0 Å². The van der Waals surface area contributed by atoms with E-state index in [-0.39, 0.29) is 12.1 Å². The summed E-state index contributed by atoms with van der Waals surface area (Å²) in [4.78, 5) is 0. The Morgan fingerprint density at radius 1 is 1.45 bits per heavy atom. The van der Waals surface area contributed by atoms with E-state index in [0.717, 1.165) is 49.5 Å². The van der Waals surface area contributed by atoms with Crippen LogP contribution >= 0.6 is 11.6 Å². The maximum atomic E-state index is 6.39. The Hall–Kier alpha value is -0.580. The van der Waals surface area contributed by atoms with Crippen LogP contribution in [0, 0.1) is 0 Å². The summed E-state index contributed by atoms with van der Waals surface area (Å²) in [6, 6.07) is 0.140. The van der Waals surface area contributed by atoms with Gasteiger partial charge in [0.05, 0.1) is 35.2 Å². The minimum absolute atomic E-state index is 0.140. The molecule has 0 spiro atoms. The minimum Gasteiger partial charge on any atom is -0.373 e. The van der Waals surface area contributed by atoms with E-state index in [1.807, 2.05) is 4.68 Å². The Kier molecular flexibility index (Phi) is 5.87. The molecule has 1 aliphatic rings. The molecule has 0 amide bonds. The van der Waals surface area contributed by atoms with Gasteiger partial charge in [-0.05, 0) is 39.2 Å². The van der Waals surface area contributed by atoms with Crippen LogP contribution in [0.5, 0.6) is 0 Å². The summed E-state index contributed by atoms with van der Waals surface area (Å²) >= 11 is 6.39. The first-order valence-corrected chi connectivity index (χ1v) is 8.15. The predicted molar refractivity (Wildman–Crippen MR) is 82.1 cm³/mol. The Balaban J connectivity index is 2.23. The molecule has 3 unspecified atom stereocenters. The number of nitrogens with zero attached hydrogens (tertiary/aromatic N) is 2. The Morgan fingerprint density at radius 3 is 2.85 bits per heavy atom. The van der Waals surface area contributed by atoms with Gasteiger partial charge < -0.3 is 10.1 Å². The lowest BCUT2D eigenvalue weighted by molar-refractivity contribution is 0.0296. The van der Waals surface area contributed by atoms with Gasteiger partial charge in [-0.25, -0.2) is 0 Å². The van der Waals surface area contributed by atoms with Crippen LogP contribution in [0.2, 0.25) is 5.02 Å². The van der Waals surface area contributed by atoms with Crippen LogP contribution in [0.4, 0.5) is 0 Å². The molecule has 1 saturated heterocycles. The van der Waals surface area contributed by atoms with Crippen LogP contribution in [0.15, 0.2) is 6.20 Å². The SMILES string of the molecule is CCCNC(c1c(Cl)cnn1CCC)C1CCC(C)O1. The molecule has 3 atom stereocenters. The topological polar surface area (TPSA) is 39.1 Å². The van der Waals surface area contributed by atoms with E-state index < -0.39 is 0 Å². The first kappa shape index (κ1) is 15.8. The first-order chi connectivity index (χ1) is 9.67. The summed E-state index contributed by atoms with van der Waals surface area (Å²) in [6.45, 7) is 8.33. The molecule has 0 aliphatic carbocycles. The number of halogens is 1. The summed E-state index contributed by atoms with van der Waals surface area (Å²) in [5, 5.41) is 8.76. The molecule has 2 heterocycles. The van der Waals surface area contributed by atoms with Crippen LogP contribution in [0.3, 0.4) is 0 Å². The molecule has 0 bridgehead atoms. The third-order valence-corrected chi connectivity index (χ3v) is 4.11. The highest BCUT2D eigenvalue weighted by Gasteiger charge is 2.33. The summed E-state index contributed by atoms with van der Waals surface area (Å²) < 4.78 is 8.10. The summed E-state index contributed by atoms with van der Waals surface area (Å²) in [7, 11) is 0. The van der Waals surface area contributed by atoms with Crippen molar-refractivity contribution in [3.63, 3.8) is 0 Å². The summed E-state index contributed by atoms with van der Waals surface area (Å²) in [6.07, 6.45) is 6.63. The molecule has 0 radical (unpaired) electrons. The fourth-order valence-corrected chi connectivity index (χ4v) is 3.11. The number of nitrogens with one attached hydrogen (secondary N) is 1. The van der Waals surface area contributed by atoms with Gasteiger partial charge in [-0.3, -0.25) is 4.68 Å². The fourth-order valence-electron chi connectivity index (χ4n) is 2.85. The molecule has 5 heteroatoms. The van der Waals surface area contributed by atoms with Gasteiger partial charge in [0.1, 0.15) is 0 Å². The number of rotatable bonds is 7. The molecular weight excluding hydrogens is 274 g/mol. The third-order valence-electron chi connectivity index (χ3n) is 3.81. The Bertz CT molecular complexity index is 421. The monoisotopic (exact) mass is 299 g/mol. The maximum Gasteiger partial charge on any atom is 0.0835 e.